The van der Waals surface area contributed by atoms with Gasteiger partial charge in [0.2, 0.25) is 5.91 Å². The lowest BCUT2D eigenvalue weighted by Crippen LogP contribution is -2.40. The van der Waals surface area contributed by atoms with Gasteiger partial charge in [0, 0.05) is 26.4 Å². The zero-order valence-electron chi connectivity index (χ0n) is 11.1. The lowest BCUT2D eigenvalue weighted by molar-refractivity contribution is -0.136. The average molecular weight is 283 g/mol. The van der Waals surface area contributed by atoms with Gasteiger partial charge in [-0.2, -0.15) is 0 Å². The van der Waals surface area contributed by atoms with Crippen molar-refractivity contribution in [1.82, 2.24) is 9.88 Å². The molecule has 0 atom stereocenters. The maximum Gasteiger partial charge on any atom is 0.248 e. The van der Waals surface area contributed by atoms with Gasteiger partial charge in [-0.25, -0.2) is 4.98 Å². The Bertz CT molecular complexity index is 431. The molecule has 1 amide bonds. The lowest BCUT2D eigenvalue weighted by Gasteiger charge is -2.32. The predicted molar refractivity (Wildman–Crippen MR) is 74.1 cm³/mol. The largest absolute Gasteiger partial charge is 0.375 e. The molecule has 0 aliphatic carbocycles. The van der Waals surface area contributed by atoms with Crippen LogP contribution in [0.1, 0.15) is 18.4 Å². The van der Waals surface area contributed by atoms with Gasteiger partial charge in [0.25, 0.3) is 0 Å². The highest BCUT2D eigenvalue weighted by atomic mass is 35.5. The molecule has 2 rings (SSSR count). The number of amides is 1. The van der Waals surface area contributed by atoms with Crippen molar-refractivity contribution < 1.29 is 9.53 Å². The number of halogens is 1. The number of aromatic nitrogens is 1. The van der Waals surface area contributed by atoms with Crippen LogP contribution >= 0.6 is 11.6 Å². The Balaban J connectivity index is 1.82. The Morgan fingerprint density at radius 2 is 2.26 bits per heavy atom. The van der Waals surface area contributed by atoms with E-state index < -0.39 is 0 Å². The molecular formula is C14H19ClN2O2. The molecule has 0 spiro atoms. The Kier molecular flexibility index (Phi) is 5.16. The van der Waals surface area contributed by atoms with Gasteiger partial charge in [-0.05, 0) is 42.9 Å². The number of carbonyl (C=O) groups excluding carboxylic acids is 1. The smallest absolute Gasteiger partial charge is 0.248 e. The van der Waals surface area contributed by atoms with E-state index in [-0.39, 0.29) is 12.5 Å². The van der Waals surface area contributed by atoms with Crippen LogP contribution in [0.3, 0.4) is 0 Å². The summed E-state index contributed by atoms with van der Waals surface area (Å²) in [5, 5.41) is 0.546. The minimum absolute atomic E-state index is 0.0907. The van der Waals surface area contributed by atoms with Crippen LogP contribution in [0.5, 0.6) is 0 Å². The Hall–Kier alpha value is -1.13. The van der Waals surface area contributed by atoms with Crippen LogP contribution in [0, 0.1) is 5.92 Å². The summed E-state index contributed by atoms with van der Waals surface area (Å²) in [5.74, 6) is 0.706. The van der Waals surface area contributed by atoms with Crippen molar-refractivity contribution in [1.29, 1.82) is 0 Å². The molecular weight excluding hydrogens is 264 g/mol. The molecule has 4 nitrogen and oxygen atoms in total. The molecule has 0 aromatic carbocycles. The van der Waals surface area contributed by atoms with E-state index in [9.17, 15) is 4.79 Å². The summed E-state index contributed by atoms with van der Waals surface area (Å²) in [5.41, 5.74) is 1.22. The number of pyridine rings is 1. The van der Waals surface area contributed by atoms with E-state index in [1.165, 1.54) is 5.56 Å². The number of rotatable bonds is 4. The van der Waals surface area contributed by atoms with Crippen LogP contribution in [0.2, 0.25) is 5.15 Å². The van der Waals surface area contributed by atoms with E-state index in [2.05, 4.69) is 4.98 Å². The molecule has 1 aliphatic rings. The van der Waals surface area contributed by atoms with Crippen molar-refractivity contribution in [2.24, 2.45) is 5.92 Å². The Labute approximate surface area is 118 Å². The molecule has 0 bridgehead atoms. The molecule has 2 heterocycles. The molecule has 0 radical (unpaired) electrons. The first kappa shape index (κ1) is 14.3. The summed E-state index contributed by atoms with van der Waals surface area (Å²) in [6.45, 7) is 1.84. The van der Waals surface area contributed by atoms with Crippen molar-refractivity contribution in [3.05, 3.63) is 29.0 Å². The van der Waals surface area contributed by atoms with Gasteiger partial charge in [-0.1, -0.05) is 11.6 Å². The van der Waals surface area contributed by atoms with Crippen LogP contribution < -0.4 is 0 Å². The van der Waals surface area contributed by atoms with Crippen LogP contribution in [-0.2, 0) is 16.0 Å². The van der Waals surface area contributed by atoms with Crippen molar-refractivity contribution >= 4 is 17.5 Å². The summed E-state index contributed by atoms with van der Waals surface area (Å²) in [4.78, 5) is 17.6. The predicted octanol–water partition coefficient (Wildman–Crippen LogP) is 2.16. The fraction of sp³-hybridized carbons (Fsp3) is 0.571. The summed E-state index contributed by atoms with van der Waals surface area (Å²) in [7, 11) is 1.55. The van der Waals surface area contributed by atoms with Crippen molar-refractivity contribution in [2.75, 3.05) is 26.8 Å². The number of nitrogens with zero attached hydrogens (tertiary/aromatic N) is 2. The van der Waals surface area contributed by atoms with E-state index in [1.807, 2.05) is 17.0 Å². The second-order valence-corrected chi connectivity index (χ2v) is 5.34. The van der Waals surface area contributed by atoms with Crippen LogP contribution in [0.25, 0.3) is 0 Å². The first-order valence-corrected chi connectivity index (χ1v) is 6.94. The summed E-state index contributed by atoms with van der Waals surface area (Å²) >= 11 is 5.88. The van der Waals surface area contributed by atoms with E-state index in [0.717, 1.165) is 32.4 Å². The number of methoxy groups -OCH3 is 1. The summed E-state index contributed by atoms with van der Waals surface area (Å²) in [6, 6.07) is 3.93. The lowest BCUT2D eigenvalue weighted by atomic mass is 9.90. The molecule has 1 aromatic rings. The fourth-order valence-corrected chi connectivity index (χ4v) is 2.70. The topological polar surface area (TPSA) is 42.4 Å². The zero-order chi connectivity index (χ0) is 13.7. The molecule has 1 aromatic heterocycles. The van der Waals surface area contributed by atoms with Gasteiger partial charge in [0.05, 0.1) is 0 Å². The summed E-state index contributed by atoms with van der Waals surface area (Å²) in [6.07, 6.45) is 4.83. The molecule has 0 saturated carbocycles. The molecule has 0 unspecified atom stereocenters. The zero-order valence-corrected chi connectivity index (χ0v) is 11.9. The third kappa shape index (κ3) is 4.18. The molecule has 19 heavy (non-hydrogen) atoms. The molecule has 0 N–H and O–H groups in total. The molecule has 1 aliphatic heterocycles. The highest BCUT2D eigenvalue weighted by Crippen LogP contribution is 2.22. The first-order chi connectivity index (χ1) is 9.19. The van der Waals surface area contributed by atoms with E-state index in [0.29, 0.717) is 11.1 Å². The van der Waals surface area contributed by atoms with Crippen molar-refractivity contribution in [2.45, 2.75) is 19.3 Å². The molecule has 104 valence electrons. The van der Waals surface area contributed by atoms with Gasteiger partial charge in [-0.15, -0.1) is 0 Å². The van der Waals surface area contributed by atoms with Crippen LogP contribution in [-0.4, -0.2) is 42.6 Å². The number of ether oxygens (including phenoxy) is 1. The standard InChI is InChI=1S/C14H19ClN2O2/c1-19-10-14(18)17-6-3-11(4-7-17)8-12-2-5-16-13(15)9-12/h2,5,9,11H,3-4,6-8,10H2,1H3. The van der Waals surface area contributed by atoms with Gasteiger partial charge in [0.15, 0.2) is 0 Å². The maximum absolute atomic E-state index is 11.7. The van der Waals surface area contributed by atoms with Crippen LogP contribution in [0.4, 0.5) is 0 Å². The fourth-order valence-electron chi connectivity index (χ4n) is 2.50. The minimum atomic E-state index is 0.0907. The number of carbonyl (C=O) groups is 1. The van der Waals surface area contributed by atoms with Gasteiger partial charge < -0.3 is 9.64 Å². The highest BCUT2D eigenvalue weighted by molar-refractivity contribution is 6.29. The summed E-state index contributed by atoms with van der Waals surface area (Å²) < 4.78 is 4.88. The Morgan fingerprint density at radius 1 is 1.53 bits per heavy atom. The van der Waals surface area contributed by atoms with Crippen molar-refractivity contribution in [3.63, 3.8) is 0 Å². The van der Waals surface area contributed by atoms with Gasteiger partial charge in [-0.3, -0.25) is 4.79 Å². The minimum Gasteiger partial charge on any atom is -0.375 e. The number of hydrogen-bond acceptors (Lipinski definition) is 3. The molecule has 5 heteroatoms. The third-order valence-electron chi connectivity index (χ3n) is 3.55. The second-order valence-electron chi connectivity index (χ2n) is 4.95. The maximum atomic E-state index is 11.7. The number of likely N-dealkylation sites (tertiary alicyclic amines) is 1. The van der Waals surface area contributed by atoms with Crippen molar-refractivity contribution in [3.8, 4) is 0 Å². The highest BCUT2D eigenvalue weighted by Gasteiger charge is 2.22. The van der Waals surface area contributed by atoms with E-state index in [4.69, 9.17) is 16.3 Å². The Morgan fingerprint density at radius 3 is 2.89 bits per heavy atom. The van der Waals surface area contributed by atoms with Crippen LogP contribution in [0.15, 0.2) is 18.3 Å². The quantitative estimate of drug-likeness (QED) is 0.795. The normalized spacial score (nSPS) is 16.6. The third-order valence-corrected chi connectivity index (χ3v) is 3.76. The first-order valence-electron chi connectivity index (χ1n) is 6.56. The number of piperidine rings is 1. The van der Waals surface area contributed by atoms with Gasteiger partial charge in [0.1, 0.15) is 11.8 Å². The monoisotopic (exact) mass is 282 g/mol. The second kappa shape index (κ2) is 6.87. The molecule has 1 saturated heterocycles. The number of hydrogen-bond donors (Lipinski definition) is 0. The average Bonchev–Trinajstić information content (AvgIpc) is 2.40. The van der Waals surface area contributed by atoms with E-state index >= 15 is 0 Å². The van der Waals surface area contributed by atoms with Gasteiger partial charge >= 0.3 is 0 Å². The molecule has 1 fully saturated rings. The van der Waals surface area contributed by atoms with E-state index in [1.54, 1.807) is 13.3 Å². The SMILES string of the molecule is COCC(=O)N1CCC(Cc2ccnc(Cl)c2)CC1.